The number of aromatic nitrogens is 2. The van der Waals surface area contributed by atoms with Gasteiger partial charge in [-0.3, -0.25) is 0 Å². The van der Waals surface area contributed by atoms with Crippen molar-refractivity contribution < 1.29 is 18.7 Å². The Labute approximate surface area is 196 Å². The van der Waals surface area contributed by atoms with Crippen molar-refractivity contribution in [2.75, 3.05) is 50.6 Å². The second-order valence-corrected chi connectivity index (χ2v) is 8.16. The molecule has 0 unspecified atom stereocenters. The minimum absolute atomic E-state index is 0.188. The van der Waals surface area contributed by atoms with Gasteiger partial charge in [0.2, 0.25) is 0 Å². The summed E-state index contributed by atoms with van der Waals surface area (Å²) in [5.74, 6) is 1.67. The Bertz CT molecular complexity index is 1360. The van der Waals surface area contributed by atoms with E-state index in [0.29, 0.717) is 42.3 Å². The lowest BCUT2D eigenvalue weighted by atomic mass is 10.2. The number of nitrogens with zero attached hydrogens (tertiary/aromatic N) is 4. The topological polar surface area (TPSA) is 71.3 Å². The first-order valence-corrected chi connectivity index (χ1v) is 11.2. The summed E-state index contributed by atoms with van der Waals surface area (Å²) in [5.41, 5.74) is 3.00. The number of carbonyl (C=O) groups excluding carboxylic acids is 1. The van der Waals surface area contributed by atoms with Crippen LogP contribution in [0.15, 0.2) is 54.7 Å². The predicted octanol–water partition coefficient (Wildman–Crippen LogP) is 4.39. The summed E-state index contributed by atoms with van der Waals surface area (Å²) in [5, 5.41) is 2.95. The van der Waals surface area contributed by atoms with Crippen LogP contribution < -0.4 is 19.7 Å². The van der Waals surface area contributed by atoms with Gasteiger partial charge in [-0.2, -0.15) is 0 Å². The number of ether oxygens (including phenoxy) is 2. The molecule has 176 valence electrons. The first kappa shape index (κ1) is 21.8. The van der Waals surface area contributed by atoms with Crippen molar-refractivity contribution >= 4 is 34.1 Å². The van der Waals surface area contributed by atoms with Gasteiger partial charge < -0.3 is 29.0 Å². The van der Waals surface area contributed by atoms with Gasteiger partial charge in [0.15, 0.2) is 5.82 Å². The Balaban J connectivity index is 1.35. The number of nitrogens with one attached hydrogen (secondary N) is 1. The molecule has 5 rings (SSSR count). The van der Waals surface area contributed by atoms with Crippen LogP contribution in [0.3, 0.4) is 0 Å². The van der Waals surface area contributed by atoms with Crippen LogP contribution >= 0.6 is 0 Å². The van der Waals surface area contributed by atoms with E-state index in [-0.39, 0.29) is 11.8 Å². The molecule has 0 saturated carbocycles. The van der Waals surface area contributed by atoms with Crippen molar-refractivity contribution in [3.8, 4) is 11.5 Å². The first-order chi connectivity index (χ1) is 16.6. The molecule has 1 saturated heterocycles. The fourth-order valence-corrected chi connectivity index (χ4v) is 4.40. The molecule has 0 bridgehead atoms. The molecule has 1 fully saturated rings. The van der Waals surface area contributed by atoms with Gasteiger partial charge in [-0.05, 0) is 42.8 Å². The Morgan fingerprint density at radius 2 is 1.88 bits per heavy atom. The number of methoxy groups -OCH3 is 2. The van der Waals surface area contributed by atoms with Gasteiger partial charge in [-0.1, -0.05) is 0 Å². The zero-order valence-electron chi connectivity index (χ0n) is 19.1. The lowest BCUT2D eigenvalue weighted by Gasteiger charge is -2.24. The van der Waals surface area contributed by atoms with E-state index < -0.39 is 0 Å². The smallest absolute Gasteiger partial charge is 0.322 e. The van der Waals surface area contributed by atoms with Gasteiger partial charge in [0.05, 0.1) is 36.5 Å². The van der Waals surface area contributed by atoms with E-state index in [1.165, 1.54) is 12.1 Å². The molecule has 3 heterocycles. The third kappa shape index (κ3) is 4.05. The maximum Gasteiger partial charge on any atom is 0.322 e. The molecule has 4 aromatic rings. The van der Waals surface area contributed by atoms with Gasteiger partial charge >= 0.3 is 6.03 Å². The molecule has 0 atom stereocenters. The standard InChI is InChI=1S/C25H26FN5O3/c1-33-18-7-8-19(23(16-18)34-2)28-25(32)30-11-4-10-29(13-14-30)24-22-5-3-12-31(22)21-9-6-17(26)15-20(21)27-24/h3,5-9,12,15-16H,4,10-11,13-14H2,1-2H3,(H,28,32). The largest absolute Gasteiger partial charge is 0.497 e. The second-order valence-electron chi connectivity index (χ2n) is 8.16. The van der Waals surface area contributed by atoms with Crippen LogP contribution in [-0.2, 0) is 0 Å². The van der Waals surface area contributed by atoms with E-state index in [1.807, 2.05) is 22.7 Å². The summed E-state index contributed by atoms with van der Waals surface area (Å²) < 4.78 is 26.5. The highest BCUT2D eigenvalue weighted by Crippen LogP contribution is 2.30. The van der Waals surface area contributed by atoms with Gasteiger partial charge in [-0.15, -0.1) is 0 Å². The predicted molar refractivity (Wildman–Crippen MR) is 130 cm³/mol. The Morgan fingerprint density at radius 1 is 1.00 bits per heavy atom. The van der Waals surface area contributed by atoms with Crippen LogP contribution in [0.25, 0.3) is 16.6 Å². The Hall–Kier alpha value is -4.01. The maximum atomic E-state index is 13.9. The monoisotopic (exact) mass is 463 g/mol. The van der Waals surface area contributed by atoms with Crippen molar-refractivity contribution in [1.82, 2.24) is 14.3 Å². The molecule has 2 aromatic carbocycles. The normalized spacial score (nSPS) is 14.3. The molecule has 1 aliphatic heterocycles. The van der Waals surface area contributed by atoms with Gasteiger partial charge in [-0.25, -0.2) is 14.2 Å². The van der Waals surface area contributed by atoms with Crippen LogP contribution in [0, 0.1) is 5.82 Å². The zero-order chi connectivity index (χ0) is 23.7. The summed E-state index contributed by atoms with van der Waals surface area (Å²) in [6.07, 6.45) is 2.74. The van der Waals surface area contributed by atoms with E-state index >= 15 is 0 Å². The molecule has 9 heteroatoms. The number of amides is 2. The average Bonchev–Trinajstić information content (AvgIpc) is 3.21. The average molecular weight is 464 g/mol. The van der Waals surface area contributed by atoms with Crippen molar-refractivity contribution in [2.45, 2.75) is 6.42 Å². The summed E-state index contributed by atoms with van der Waals surface area (Å²) in [7, 11) is 3.14. The fraction of sp³-hybridized carbons (Fsp3) is 0.280. The molecule has 0 aliphatic carbocycles. The fourth-order valence-electron chi connectivity index (χ4n) is 4.40. The highest BCUT2D eigenvalue weighted by molar-refractivity contribution is 5.91. The molecule has 0 radical (unpaired) electrons. The van der Waals surface area contributed by atoms with Crippen LogP contribution in [0.5, 0.6) is 11.5 Å². The second kappa shape index (κ2) is 9.09. The number of hydrogen-bond donors (Lipinski definition) is 1. The molecule has 8 nitrogen and oxygen atoms in total. The van der Waals surface area contributed by atoms with E-state index in [4.69, 9.17) is 14.5 Å². The molecular formula is C25H26FN5O3. The van der Waals surface area contributed by atoms with Gasteiger partial charge in [0.1, 0.15) is 17.3 Å². The molecule has 2 amide bonds. The van der Waals surface area contributed by atoms with Crippen molar-refractivity contribution in [2.24, 2.45) is 0 Å². The lowest BCUT2D eigenvalue weighted by molar-refractivity contribution is 0.215. The summed E-state index contributed by atoms with van der Waals surface area (Å²) in [4.78, 5) is 21.8. The summed E-state index contributed by atoms with van der Waals surface area (Å²) in [6, 6.07) is 13.7. The third-order valence-electron chi connectivity index (χ3n) is 6.13. The number of rotatable bonds is 4. The number of carbonyl (C=O) groups is 1. The van der Waals surface area contributed by atoms with Crippen LogP contribution in [0.4, 0.5) is 20.7 Å². The number of benzene rings is 2. The molecular weight excluding hydrogens is 437 g/mol. The van der Waals surface area contributed by atoms with Crippen molar-refractivity contribution in [1.29, 1.82) is 0 Å². The SMILES string of the molecule is COc1ccc(NC(=O)N2CCCN(c3nc4cc(F)ccc4n4cccc34)CC2)c(OC)c1. The highest BCUT2D eigenvalue weighted by atomic mass is 19.1. The molecule has 1 aliphatic rings. The van der Waals surface area contributed by atoms with Gasteiger partial charge in [0.25, 0.3) is 0 Å². The number of hydrogen-bond acceptors (Lipinski definition) is 5. The minimum atomic E-state index is -0.315. The van der Waals surface area contributed by atoms with E-state index in [9.17, 15) is 9.18 Å². The zero-order valence-corrected chi connectivity index (χ0v) is 19.1. The summed E-state index contributed by atoms with van der Waals surface area (Å²) >= 11 is 0. The Morgan fingerprint density at radius 3 is 2.71 bits per heavy atom. The molecule has 1 N–H and O–H groups in total. The number of halogens is 1. The van der Waals surface area contributed by atoms with Crippen LogP contribution in [0.1, 0.15) is 6.42 Å². The van der Waals surface area contributed by atoms with E-state index in [0.717, 1.165) is 29.8 Å². The van der Waals surface area contributed by atoms with E-state index in [1.54, 1.807) is 43.4 Å². The highest BCUT2D eigenvalue weighted by Gasteiger charge is 2.23. The molecule has 2 aromatic heterocycles. The summed E-state index contributed by atoms with van der Waals surface area (Å²) in [6.45, 7) is 2.49. The minimum Gasteiger partial charge on any atom is -0.497 e. The van der Waals surface area contributed by atoms with Crippen molar-refractivity contribution in [3.63, 3.8) is 0 Å². The number of anilines is 2. The number of fused-ring (bicyclic) bond motifs is 3. The van der Waals surface area contributed by atoms with Crippen LogP contribution in [0.2, 0.25) is 0 Å². The van der Waals surface area contributed by atoms with Crippen molar-refractivity contribution in [3.05, 3.63) is 60.5 Å². The van der Waals surface area contributed by atoms with E-state index in [2.05, 4.69) is 10.2 Å². The first-order valence-electron chi connectivity index (χ1n) is 11.2. The molecule has 34 heavy (non-hydrogen) atoms. The third-order valence-corrected chi connectivity index (χ3v) is 6.13. The Kier molecular flexibility index (Phi) is 5.83. The lowest BCUT2D eigenvalue weighted by Crippen LogP contribution is -2.38. The van der Waals surface area contributed by atoms with Gasteiger partial charge in [0, 0.05) is 44.5 Å². The maximum absolute atomic E-state index is 13.9. The quantitative estimate of drug-likeness (QED) is 0.486. The number of urea groups is 1. The molecule has 0 spiro atoms. The van der Waals surface area contributed by atoms with Crippen LogP contribution in [-0.4, -0.2) is 60.7 Å².